The zero-order valence-electron chi connectivity index (χ0n) is 14.4. The summed E-state index contributed by atoms with van der Waals surface area (Å²) in [7, 11) is 1.90. The summed E-state index contributed by atoms with van der Waals surface area (Å²) < 4.78 is 2.97. The summed E-state index contributed by atoms with van der Waals surface area (Å²) >= 11 is 6.51. The monoisotopic (exact) mass is 451 g/mol. The smallest absolute Gasteiger partial charge is 0.233 e. The highest BCUT2D eigenvalue weighted by Crippen LogP contribution is 2.25. The van der Waals surface area contributed by atoms with Gasteiger partial charge in [0, 0.05) is 36.4 Å². The van der Waals surface area contributed by atoms with Crippen LogP contribution < -0.4 is 0 Å². The SMILES string of the molecule is CCN(Cc1ccc(Br)s1)C(=O)CSc1nnc(-c2cccnc2)n1C. The van der Waals surface area contributed by atoms with Gasteiger partial charge in [0.2, 0.25) is 5.91 Å². The van der Waals surface area contributed by atoms with Crippen molar-refractivity contribution in [1.29, 1.82) is 0 Å². The van der Waals surface area contributed by atoms with Crippen molar-refractivity contribution in [2.45, 2.75) is 18.6 Å². The number of carbonyl (C=O) groups is 1. The van der Waals surface area contributed by atoms with Crippen molar-refractivity contribution in [1.82, 2.24) is 24.6 Å². The Labute approximate surface area is 168 Å². The van der Waals surface area contributed by atoms with Gasteiger partial charge in [-0.05, 0) is 47.1 Å². The van der Waals surface area contributed by atoms with E-state index in [9.17, 15) is 4.79 Å². The van der Waals surface area contributed by atoms with Gasteiger partial charge in [0.25, 0.3) is 0 Å². The van der Waals surface area contributed by atoms with Crippen molar-refractivity contribution < 1.29 is 4.79 Å². The highest BCUT2D eigenvalue weighted by Gasteiger charge is 2.17. The van der Waals surface area contributed by atoms with Crippen LogP contribution in [-0.4, -0.2) is 42.9 Å². The number of aromatic nitrogens is 4. The molecule has 1 amide bonds. The van der Waals surface area contributed by atoms with Gasteiger partial charge in [-0.1, -0.05) is 11.8 Å². The number of thioether (sulfide) groups is 1. The second-order valence-electron chi connectivity index (χ2n) is 5.51. The van der Waals surface area contributed by atoms with E-state index in [4.69, 9.17) is 0 Å². The Hall–Kier alpha value is -1.71. The number of halogens is 1. The molecule has 3 rings (SSSR count). The normalized spacial score (nSPS) is 10.9. The Balaban J connectivity index is 1.63. The lowest BCUT2D eigenvalue weighted by Crippen LogP contribution is -2.31. The van der Waals surface area contributed by atoms with Gasteiger partial charge >= 0.3 is 0 Å². The van der Waals surface area contributed by atoms with Gasteiger partial charge < -0.3 is 9.47 Å². The Morgan fingerprint density at radius 3 is 2.85 bits per heavy atom. The van der Waals surface area contributed by atoms with Crippen molar-refractivity contribution in [3.63, 3.8) is 0 Å². The van der Waals surface area contributed by atoms with E-state index in [0.29, 0.717) is 24.0 Å². The van der Waals surface area contributed by atoms with E-state index in [1.165, 1.54) is 11.8 Å². The van der Waals surface area contributed by atoms with E-state index in [2.05, 4.69) is 31.1 Å². The maximum absolute atomic E-state index is 12.6. The van der Waals surface area contributed by atoms with Gasteiger partial charge in [0.05, 0.1) is 16.1 Å². The summed E-state index contributed by atoms with van der Waals surface area (Å²) in [5, 5.41) is 9.15. The largest absolute Gasteiger partial charge is 0.337 e. The molecule has 0 bridgehead atoms. The average Bonchev–Trinajstić information content (AvgIpc) is 3.23. The van der Waals surface area contributed by atoms with Gasteiger partial charge in [-0.3, -0.25) is 9.78 Å². The van der Waals surface area contributed by atoms with Crippen LogP contribution in [0.5, 0.6) is 0 Å². The predicted molar refractivity (Wildman–Crippen MR) is 108 cm³/mol. The second-order valence-corrected chi connectivity index (χ2v) is 9.00. The van der Waals surface area contributed by atoms with Crippen molar-refractivity contribution in [3.05, 3.63) is 45.3 Å². The van der Waals surface area contributed by atoms with E-state index < -0.39 is 0 Å². The van der Waals surface area contributed by atoms with Crippen LogP contribution in [-0.2, 0) is 18.4 Å². The molecular weight excluding hydrogens is 434 g/mol. The van der Waals surface area contributed by atoms with Gasteiger partial charge in [0.1, 0.15) is 0 Å². The molecule has 0 unspecified atom stereocenters. The lowest BCUT2D eigenvalue weighted by atomic mass is 10.3. The number of thiophene rings is 1. The first-order valence-electron chi connectivity index (χ1n) is 8.03. The molecule has 0 atom stereocenters. The maximum Gasteiger partial charge on any atom is 0.233 e. The van der Waals surface area contributed by atoms with E-state index in [-0.39, 0.29) is 5.91 Å². The molecule has 0 aromatic carbocycles. The molecule has 3 heterocycles. The number of nitrogens with zero attached hydrogens (tertiary/aromatic N) is 5. The first kappa shape index (κ1) is 19.1. The zero-order chi connectivity index (χ0) is 18.5. The molecule has 26 heavy (non-hydrogen) atoms. The van der Waals surface area contributed by atoms with Crippen LogP contribution in [0.1, 0.15) is 11.8 Å². The fraction of sp³-hybridized carbons (Fsp3) is 0.294. The second kappa shape index (κ2) is 8.79. The van der Waals surface area contributed by atoms with Crippen LogP contribution in [0, 0.1) is 0 Å². The van der Waals surface area contributed by atoms with Crippen molar-refractivity contribution in [2.75, 3.05) is 12.3 Å². The first-order valence-corrected chi connectivity index (χ1v) is 10.6. The van der Waals surface area contributed by atoms with E-state index in [0.717, 1.165) is 20.1 Å². The third kappa shape index (κ3) is 4.52. The molecule has 3 aromatic heterocycles. The van der Waals surface area contributed by atoms with E-state index >= 15 is 0 Å². The third-order valence-electron chi connectivity index (χ3n) is 3.79. The van der Waals surface area contributed by atoms with Crippen molar-refractivity contribution >= 4 is 44.9 Å². The number of hydrogen-bond donors (Lipinski definition) is 0. The highest BCUT2D eigenvalue weighted by atomic mass is 79.9. The molecule has 0 saturated carbocycles. The Bertz CT molecular complexity index is 880. The standard InChI is InChI=1S/C17H18BrN5OS2/c1-3-23(10-13-6-7-14(18)26-13)15(24)11-25-17-21-20-16(22(17)2)12-5-4-8-19-9-12/h4-9H,3,10-11H2,1-2H3. The van der Waals surface area contributed by atoms with Crippen molar-refractivity contribution in [3.8, 4) is 11.4 Å². The molecule has 0 spiro atoms. The van der Waals surface area contributed by atoms with Gasteiger partial charge in [-0.15, -0.1) is 21.5 Å². The number of hydrogen-bond acceptors (Lipinski definition) is 6. The fourth-order valence-electron chi connectivity index (χ4n) is 2.41. The average molecular weight is 452 g/mol. The fourth-order valence-corrected chi connectivity index (χ4v) is 4.72. The molecule has 0 N–H and O–H groups in total. The summed E-state index contributed by atoms with van der Waals surface area (Å²) in [6.45, 7) is 3.30. The first-order chi connectivity index (χ1) is 12.6. The topological polar surface area (TPSA) is 63.9 Å². The molecule has 0 fully saturated rings. The Kier molecular flexibility index (Phi) is 6.44. The molecule has 136 valence electrons. The van der Waals surface area contributed by atoms with Crippen molar-refractivity contribution in [2.24, 2.45) is 7.05 Å². The molecule has 0 saturated heterocycles. The molecule has 6 nitrogen and oxygen atoms in total. The minimum atomic E-state index is 0.0907. The summed E-state index contributed by atoms with van der Waals surface area (Å²) in [6.07, 6.45) is 3.47. The van der Waals surface area contributed by atoms with Crippen LogP contribution in [0.25, 0.3) is 11.4 Å². The molecule has 0 aliphatic carbocycles. The minimum absolute atomic E-state index is 0.0907. The lowest BCUT2D eigenvalue weighted by molar-refractivity contribution is -0.128. The number of carbonyl (C=O) groups excluding carboxylic acids is 1. The van der Waals surface area contributed by atoms with Crippen LogP contribution in [0.3, 0.4) is 0 Å². The lowest BCUT2D eigenvalue weighted by Gasteiger charge is -2.19. The molecule has 9 heteroatoms. The molecule has 0 aliphatic rings. The zero-order valence-corrected chi connectivity index (χ0v) is 17.6. The number of rotatable bonds is 7. The molecule has 0 aliphatic heterocycles. The summed E-state index contributed by atoms with van der Waals surface area (Å²) in [4.78, 5) is 19.7. The van der Waals surface area contributed by atoms with Gasteiger partial charge in [0.15, 0.2) is 11.0 Å². The predicted octanol–water partition coefficient (Wildman–Crippen LogP) is 3.84. The number of pyridine rings is 1. The third-order valence-corrected chi connectivity index (χ3v) is 6.40. The van der Waals surface area contributed by atoms with Gasteiger partial charge in [-0.2, -0.15) is 0 Å². The van der Waals surface area contributed by atoms with E-state index in [1.54, 1.807) is 23.7 Å². The van der Waals surface area contributed by atoms with E-state index in [1.807, 2.05) is 47.7 Å². The van der Waals surface area contributed by atoms with Crippen LogP contribution in [0.4, 0.5) is 0 Å². The Morgan fingerprint density at radius 2 is 2.19 bits per heavy atom. The van der Waals surface area contributed by atoms with Gasteiger partial charge in [-0.25, -0.2) is 0 Å². The molecular formula is C17H18BrN5OS2. The minimum Gasteiger partial charge on any atom is -0.337 e. The quantitative estimate of drug-likeness (QED) is 0.510. The summed E-state index contributed by atoms with van der Waals surface area (Å²) in [5.74, 6) is 1.16. The summed E-state index contributed by atoms with van der Waals surface area (Å²) in [6, 6.07) is 7.85. The highest BCUT2D eigenvalue weighted by molar-refractivity contribution is 9.11. The molecule has 3 aromatic rings. The summed E-state index contributed by atoms with van der Waals surface area (Å²) in [5.41, 5.74) is 0.902. The Morgan fingerprint density at radius 1 is 1.35 bits per heavy atom. The maximum atomic E-state index is 12.6. The van der Waals surface area contributed by atoms with Crippen LogP contribution in [0.2, 0.25) is 0 Å². The van der Waals surface area contributed by atoms with Crippen LogP contribution >= 0.6 is 39.0 Å². The van der Waals surface area contributed by atoms with Crippen LogP contribution in [0.15, 0.2) is 45.6 Å². The molecule has 0 radical (unpaired) electrons. The number of amides is 1.